The van der Waals surface area contributed by atoms with Gasteiger partial charge in [0.2, 0.25) is 5.91 Å². The zero-order valence-electron chi connectivity index (χ0n) is 18.7. The smallest absolute Gasteiger partial charge is 0.381 e. The van der Waals surface area contributed by atoms with Gasteiger partial charge in [0, 0.05) is 31.0 Å². The van der Waals surface area contributed by atoms with E-state index < -0.39 is 17.3 Å². The Labute approximate surface area is 200 Å². The fourth-order valence-corrected chi connectivity index (χ4v) is 4.73. The van der Waals surface area contributed by atoms with Crippen molar-refractivity contribution in [2.75, 3.05) is 25.1 Å². The maximum absolute atomic E-state index is 13.1. The molecule has 0 spiro atoms. The van der Waals surface area contributed by atoms with Crippen LogP contribution in [0.15, 0.2) is 47.5 Å². The highest BCUT2D eigenvalue weighted by molar-refractivity contribution is 6.34. The van der Waals surface area contributed by atoms with Gasteiger partial charge in [0.1, 0.15) is 0 Å². The third kappa shape index (κ3) is 5.15. The van der Waals surface area contributed by atoms with E-state index in [-0.39, 0.29) is 18.3 Å². The number of amides is 1. The van der Waals surface area contributed by atoms with Crippen molar-refractivity contribution in [3.63, 3.8) is 0 Å². The van der Waals surface area contributed by atoms with E-state index in [0.29, 0.717) is 47.6 Å². The maximum Gasteiger partial charge on any atom is 0.416 e. The molecule has 0 aliphatic carbocycles. The van der Waals surface area contributed by atoms with Gasteiger partial charge >= 0.3 is 6.18 Å². The van der Waals surface area contributed by atoms with E-state index in [9.17, 15) is 18.0 Å². The standard InChI is InChI=1S/C24H26ClF3N4O2/c1-23(13-20(33)32(22(29)31-23)14-15-9-11-34-12-10-15)18-3-2-4-19(21(18)25)30-17-7-5-16(6-8-17)24(26,27)28/h2-8,15,30H,9-14H2,1H3,(H2,29,31)/t23-/m0/s1. The van der Waals surface area contributed by atoms with Crippen LogP contribution in [-0.4, -0.2) is 36.5 Å². The number of nitrogens with zero attached hydrogens (tertiary/aromatic N) is 2. The van der Waals surface area contributed by atoms with Crippen molar-refractivity contribution in [3.8, 4) is 0 Å². The second kappa shape index (κ2) is 9.46. The Hall–Kier alpha value is -2.78. The van der Waals surface area contributed by atoms with E-state index in [1.807, 2.05) is 0 Å². The average molecular weight is 495 g/mol. The van der Waals surface area contributed by atoms with Crippen LogP contribution in [0.25, 0.3) is 0 Å². The normalized spacial score (nSPS) is 22.0. The number of ether oxygens (including phenoxy) is 1. The van der Waals surface area contributed by atoms with Gasteiger partial charge in [-0.2, -0.15) is 13.2 Å². The summed E-state index contributed by atoms with van der Waals surface area (Å²) in [7, 11) is 0. The van der Waals surface area contributed by atoms with Crippen molar-refractivity contribution in [1.82, 2.24) is 4.90 Å². The minimum absolute atomic E-state index is 0.0976. The first-order valence-corrected chi connectivity index (χ1v) is 11.4. The Morgan fingerprint density at radius 2 is 1.88 bits per heavy atom. The Bertz CT molecular complexity index is 1080. The number of hydrogen-bond donors (Lipinski definition) is 2. The molecule has 1 atom stereocenters. The molecule has 1 saturated heterocycles. The van der Waals surface area contributed by atoms with Gasteiger partial charge in [0.25, 0.3) is 0 Å². The number of halogens is 4. The SMILES string of the molecule is C[C@@]1(c2cccc(Nc3ccc(C(F)(F)F)cc3)c2Cl)CC(=O)N(CC2CCOCC2)C(N)=N1. The molecule has 2 aliphatic rings. The van der Waals surface area contributed by atoms with Gasteiger partial charge in [0.05, 0.1) is 28.2 Å². The fraction of sp³-hybridized carbons (Fsp3) is 0.417. The lowest BCUT2D eigenvalue weighted by atomic mass is 9.86. The molecule has 34 heavy (non-hydrogen) atoms. The zero-order chi connectivity index (χ0) is 24.5. The summed E-state index contributed by atoms with van der Waals surface area (Å²) in [4.78, 5) is 19.2. The predicted molar refractivity (Wildman–Crippen MR) is 125 cm³/mol. The highest BCUT2D eigenvalue weighted by Crippen LogP contribution is 2.41. The number of anilines is 2. The van der Waals surface area contributed by atoms with E-state index in [1.54, 1.807) is 25.1 Å². The summed E-state index contributed by atoms with van der Waals surface area (Å²) in [6.07, 6.45) is -2.56. The number of carbonyl (C=O) groups is 1. The Kier molecular flexibility index (Phi) is 6.78. The monoisotopic (exact) mass is 494 g/mol. The summed E-state index contributed by atoms with van der Waals surface area (Å²) in [5, 5.41) is 3.37. The molecule has 0 radical (unpaired) electrons. The molecule has 0 bridgehead atoms. The molecule has 2 aromatic carbocycles. The highest BCUT2D eigenvalue weighted by Gasteiger charge is 2.40. The van der Waals surface area contributed by atoms with Gasteiger partial charge in [-0.1, -0.05) is 23.7 Å². The molecule has 3 N–H and O–H groups in total. The van der Waals surface area contributed by atoms with Crippen molar-refractivity contribution in [2.24, 2.45) is 16.6 Å². The van der Waals surface area contributed by atoms with Crippen LogP contribution in [-0.2, 0) is 21.2 Å². The van der Waals surface area contributed by atoms with Crippen molar-refractivity contribution < 1.29 is 22.7 Å². The molecule has 4 rings (SSSR count). The average Bonchev–Trinajstić information content (AvgIpc) is 2.78. The summed E-state index contributed by atoms with van der Waals surface area (Å²) in [5.41, 5.74) is 6.07. The van der Waals surface area contributed by atoms with E-state index in [4.69, 9.17) is 22.1 Å². The Morgan fingerprint density at radius 3 is 2.50 bits per heavy atom. The summed E-state index contributed by atoms with van der Waals surface area (Å²) < 4.78 is 43.9. The molecule has 1 fully saturated rings. The van der Waals surface area contributed by atoms with Crippen LogP contribution in [0.3, 0.4) is 0 Å². The van der Waals surface area contributed by atoms with E-state index in [0.717, 1.165) is 25.0 Å². The molecule has 0 aromatic heterocycles. The van der Waals surface area contributed by atoms with Crippen LogP contribution in [0.1, 0.15) is 37.3 Å². The third-order valence-corrected chi connectivity index (χ3v) is 6.69. The van der Waals surface area contributed by atoms with Gasteiger partial charge in [-0.3, -0.25) is 9.69 Å². The number of carbonyl (C=O) groups excluding carboxylic acids is 1. The van der Waals surface area contributed by atoms with Crippen LogP contribution in [0.5, 0.6) is 0 Å². The van der Waals surface area contributed by atoms with Gasteiger partial charge in [-0.05, 0) is 56.0 Å². The maximum atomic E-state index is 13.1. The second-order valence-electron chi connectivity index (χ2n) is 8.85. The van der Waals surface area contributed by atoms with Crippen molar-refractivity contribution in [1.29, 1.82) is 0 Å². The largest absolute Gasteiger partial charge is 0.416 e. The van der Waals surface area contributed by atoms with E-state index >= 15 is 0 Å². The van der Waals surface area contributed by atoms with Crippen molar-refractivity contribution in [3.05, 3.63) is 58.6 Å². The molecule has 2 heterocycles. The number of rotatable bonds is 5. The predicted octanol–water partition coefficient (Wildman–Crippen LogP) is 5.29. The lowest BCUT2D eigenvalue weighted by molar-refractivity contribution is -0.137. The lowest BCUT2D eigenvalue weighted by Gasteiger charge is -2.38. The summed E-state index contributed by atoms with van der Waals surface area (Å²) in [6.45, 7) is 3.66. The molecule has 6 nitrogen and oxygen atoms in total. The summed E-state index contributed by atoms with van der Waals surface area (Å²) in [6, 6.07) is 9.91. The molecule has 2 aliphatic heterocycles. The number of nitrogens with one attached hydrogen (secondary N) is 1. The lowest BCUT2D eigenvalue weighted by Crippen LogP contribution is -2.51. The van der Waals surface area contributed by atoms with Crippen LogP contribution in [0.2, 0.25) is 5.02 Å². The number of hydrogen-bond acceptors (Lipinski definition) is 5. The Balaban J connectivity index is 1.56. The zero-order valence-corrected chi connectivity index (χ0v) is 19.4. The molecule has 2 aromatic rings. The summed E-state index contributed by atoms with van der Waals surface area (Å²) >= 11 is 6.68. The first-order valence-electron chi connectivity index (χ1n) is 11.0. The van der Waals surface area contributed by atoms with Crippen molar-refractivity contribution in [2.45, 2.75) is 37.9 Å². The van der Waals surface area contributed by atoms with Crippen LogP contribution in [0, 0.1) is 5.92 Å². The molecule has 1 amide bonds. The number of benzene rings is 2. The first-order chi connectivity index (χ1) is 16.1. The molecular formula is C24H26ClF3N4O2. The Morgan fingerprint density at radius 1 is 1.21 bits per heavy atom. The molecule has 0 saturated carbocycles. The minimum Gasteiger partial charge on any atom is -0.381 e. The van der Waals surface area contributed by atoms with Gasteiger partial charge in [-0.15, -0.1) is 0 Å². The first kappa shape index (κ1) is 24.3. The minimum atomic E-state index is -4.41. The quantitative estimate of drug-likeness (QED) is 0.592. The number of nitrogens with two attached hydrogens (primary N) is 1. The molecular weight excluding hydrogens is 469 g/mol. The van der Waals surface area contributed by atoms with Gasteiger partial charge in [-0.25, -0.2) is 4.99 Å². The molecule has 10 heteroatoms. The van der Waals surface area contributed by atoms with Crippen LogP contribution >= 0.6 is 11.6 Å². The number of alkyl halides is 3. The highest BCUT2D eigenvalue weighted by atomic mass is 35.5. The van der Waals surface area contributed by atoms with E-state index in [2.05, 4.69) is 10.3 Å². The number of guanidine groups is 1. The fourth-order valence-electron chi connectivity index (χ4n) is 4.35. The van der Waals surface area contributed by atoms with Crippen molar-refractivity contribution >= 4 is 34.8 Å². The summed E-state index contributed by atoms with van der Waals surface area (Å²) in [5.74, 6) is 0.344. The number of aliphatic imine (C=N–C) groups is 1. The van der Waals surface area contributed by atoms with Gasteiger partial charge in [0.15, 0.2) is 5.96 Å². The molecule has 182 valence electrons. The van der Waals surface area contributed by atoms with Crippen LogP contribution < -0.4 is 11.1 Å². The molecule has 0 unspecified atom stereocenters. The van der Waals surface area contributed by atoms with Crippen LogP contribution in [0.4, 0.5) is 24.5 Å². The van der Waals surface area contributed by atoms with E-state index in [1.165, 1.54) is 17.0 Å². The topological polar surface area (TPSA) is 80.0 Å². The second-order valence-corrected chi connectivity index (χ2v) is 9.23. The third-order valence-electron chi connectivity index (χ3n) is 6.29. The van der Waals surface area contributed by atoms with Gasteiger partial charge < -0.3 is 15.8 Å².